The highest BCUT2D eigenvalue weighted by molar-refractivity contribution is 6.39. The van der Waals surface area contributed by atoms with Gasteiger partial charge in [-0.2, -0.15) is 0 Å². The molecule has 0 unspecified atom stereocenters. The van der Waals surface area contributed by atoms with Gasteiger partial charge in [-0.25, -0.2) is 19.3 Å². The first-order chi connectivity index (χ1) is 16.5. The predicted octanol–water partition coefficient (Wildman–Crippen LogP) is 6.59. The topological polar surface area (TPSA) is 85.4 Å². The average molecular weight is 493 g/mol. The third-order valence-corrected chi connectivity index (χ3v) is 6.67. The lowest BCUT2D eigenvalue weighted by molar-refractivity contribution is 0.628. The summed E-state index contributed by atoms with van der Waals surface area (Å²) in [5.41, 5.74) is 10.9. The molecule has 3 aromatic heterocycles. The summed E-state index contributed by atoms with van der Waals surface area (Å²) in [6, 6.07) is 15.2. The van der Waals surface area contributed by atoms with Crippen molar-refractivity contribution in [2.45, 2.75) is 19.4 Å². The number of aromatic amines is 1. The molecule has 0 atom stereocenters. The van der Waals surface area contributed by atoms with Crippen molar-refractivity contribution in [1.82, 2.24) is 24.5 Å². The molecule has 5 aromatic rings. The van der Waals surface area contributed by atoms with Crippen molar-refractivity contribution in [3.63, 3.8) is 0 Å². The molecule has 0 amide bonds. The molecule has 0 radical (unpaired) electrons. The number of imidazole rings is 2. The number of nitrogens with zero attached hydrogens (tertiary/aromatic N) is 4. The number of aromatic nitrogens is 5. The van der Waals surface area contributed by atoms with Gasteiger partial charge in [0.15, 0.2) is 5.65 Å². The lowest BCUT2D eigenvalue weighted by Gasteiger charge is -2.06. The summed E-state index contributed by atoms with van der Waals surface area (Å²) < 4.78 is 15.6. The van der Waals surface area contributed by atoms with Crippen LogP contribution in [0.5, 0.6) is 0 Å². The molecule has 6 rings (SSSR count). The number of nitrogens with one attached hydrogen (secondary N) is 1. The van der Waals surface area contributed by atoms with Gasteiger partial charge in [0.2, 0.25) is 5.95 Å². The van der Waals surface area contributed by atoms with Gasteiger partial charge in [0.05, 0.1) is 32.7 Å². The van der Waals surface area contributed by atoms with Crippen LogP contribution < -0.4 is 5.73 Å². The van der Waals surface area contributed by atoms with E-state index in [9.17, 15) is 4.39 Å². The number of rotatable bonds is 5. The van der Waals surface area contributed by atoms with Crippen molar-refractivity contribution in [2.75, 3.05) is 5.73 Å². The molecular weight excluding hydrogens is 474 g/mol. The molecule has 3 N–H and O–H groups in total. The maximum atomic E-state index is 13.6. The fraction of sp³-hybridized carbons (Fsp3) is 0.160. The molecule has 1 aliphatic carbocycles. The van der Waals surface area contributed by atoms with Gasteiger partial charge in [-0.15, -0.1) is 0 Å². The van der Waals surface area contributed by atoms with Gasteiger partial charge in [0.25, 0.3) is 0 Å². The Morgan fingerprint density at radius 1 is 0.971 bits per heavy atom. The summed E-state index contributed by atoms with van der Waals surface area (Å²) in [6.07, 6.45) is 2.38. The van der Waals surface area contributed by atoms with Crippen molar-refractivity contribution in [2.24, 2.45) is 5.92 Å². The van der Waals surface area contributed by atoms with E-state index in [0.29, 0.717) is 50.4 Å². The highest BCUT2D eigenvalue weighted by Crippen LogP contribution is 2.38. The maximum Gasteiger partial charge on any atom is 0.202 e. The van der Waals surface area contributed by atoms with E-state index in [4.69, 9.17) is 38.9 Å². The first-order valence-corrected chi connectivity index (χ1v) is 11.7. The zero-order chi connectivity index (χ0) is 23.4. The normalized spacial score (nSPS) is 13.6. The van der Waals surface area contributed by atoms with Crippen LogP contribution in [-0.2, 0) is 6.54 Å². The summed E-state index contributed by atoms with van der Waals surface area (Å²) in [7, 11) is 0. The Morgan fingerprint density at radius 3 is 2.41 bits per heavy atom. The molecule has 0 saturated heterocycles. The average Bonchev–Trinajstić information content (AvgIpc) is 3.46. The van der Waals surface area contributed by atoms with Gasteiger partial charge in [-0.1, -0.05) is 29.3 Å². The second kappa shape index (κ2) is 8.11. The molecule has 2 aromatic carbocycles. The van der Waals surface area contributed by atoms with Gasteiger partial charge < -0.3 is 10.7 Å². The van der Waals surface area contributed by atoms with Crippen LogP contribution >= 0.6 is 23.2 Å². The van der Waals surface area contributed by atoms with E-state index in [1.165, 1.54) is 25.0 Å². The second-order valence-electron chi connectivity index (χ2n) is 8.48. The van der Waals surface area contributed by atoms with Crippen LogP contribution in [0.4, 0.5) is 10.3 Å². The van der Waals surface area contributed by atoms with E-state index in [-0.39, 0.29) is 5.82 Å². The lowest BCUT2D eigenvalue weighted by Crippen LogP contribution is -2.05. The molecule has 170 valence electrons. The molecular formula is C25H19Cl2FN6. The minimum atomic E-state index is -0.325. The van der Waals surface area contributed by atoms with E-state index in [1.807, 2.05) is 16.7 Å². The molecule has 0 aliphatic heterocycles. The Hall–Kier alpha value is -3.42. The van der Waals surface area contributed by atoms with Gasteiger partial charge in [-0.3, -0.25) is 4.57 Å². The number of nitrogens with two attached hydrogens (primary N) is 1. The molecule has 0 bridgehead atoms. The van der Waals surface area contributed by atoms with E-state index in [0.717, 1.165) is 23.3 Å². The number of pyridine rings is 1. The Morgan fingerprint density at radius 2 is 1.71 bits per heavy atom. The zero-order valence-corrected chi connectivity index (χ0v) is 19.4. The molecule has 0 spiro atoms. The number of benzene rings is 2. The third kappa shape index (κ3) is 3.71. The van der Waals surface area contributed by atoms with Crippen LogP contribution in [0.15, 0.2) is 54.6 Å². The summed E-state index contributed by atoms with van der Waals surface area (Å²) >= 11 is 12.9. The smallest absolute Gasteiger partial charge is 0.202 e. The Labute approximate surface area is 204 Å². The Bertz CT molecular complexity index is 1520. The van der Waals surface area contributed by atoms with Crippen LogP contribution in [0.2, 0.25) is 10.0 Å². The fourth-order valence-corrected chi connectivity index (χ4v) is 4.69. The van der Waals surface area contributed by atoms with E-state index in [2.05, 4.69) is 9.97 Å². The van der Waals surface area contributed by atoms with Crippen LogP contribution in [0, 0.1) is 11.7 Å². The van der Waals surface area contributed by atoms with Crippen molar-refractivity contribution in [3.05, 3.63) is 70.5 Å². The van der Waals surface area contributed by atoms with Crippen LogP contribution in [-0.4, -0.2) is 24.5 Å². The number of H-pyrrole nitrogens is 1. The molecule has 34 heavy (non-hydrogen) atoms. The lowest BCUT2D eigenvalue weighted by atomic mass is 10.1. The molecule has 6 nitrogen and oxygen atoms in total. The quantitative estimate of drug-likeness (QED) is 0.289. The Balaban J connectivity index is 1.55. The van der Waals surface area contributed by atoms with Crippen LogP contribution in [0.1, 0.15) is 12.8 Å². The standard InChI is InChI=1S/C25H19Cl2FN6/c26-16-2-1-3-17(27)20(16)23-32-21(14-6-8-15(28)9-7-14)22(33-23)18-10-11-19-24(30-18)34(25(29)31-19)12-13-4-5-13/h1-3,6-11,13H,4-5,12H2,(H2,29,31)(H,32,33). The maximum absolute atomic E-state index is 13.6. The predicted molar refractivity (Wildman–Crippen MR) is 133 cm³/mol. The number of hydrogen-bond acceptors (Lipinski definition) is 4. The minimum absolute atomic E-state index is 0.325. The SMILES string of the molecule is Nc1nc2ccc(-c3[nH]c(-c4c(Cl)cccc4Cl)nc3-c3ccc(F)cc3)nc2n1CC1CC1. The number of halogens is 3. The fourth-order valence-electron chi connectivity index (χ4n) is 4.11. The summed E-state index contributed by atoms with van der Waals surface area (Å²) in [6.45, 7) is 0.799. The van der Waals surface area contributed by atoms with Crippen molar-refractivity contribution >= 4 is 40.3 Å². The van der Waals surface area contributed by atoms with E-state index < -0.39 is 0 Å². The summed E-state index contributed by atoms with van der Waals surface area (Å²) in [5, 5.41) is 0.939. The summed E-state index contributed by atoms with van der Waals surface area (Å²) in [5.74, 6) is 1.24. The van der Waals surface area contributed by atoms with Gasteiger partial charge in [0.1, 0.15) is 17.2 Å². The van der Waals surface area contributed by atoms with Crippen molar-refractivity contribution < 1.29 is 4.39 Å². The molecule has 1 saturated carbocycles. The van der Waals surface area contributed by atoms with Crippen LogP contribution in [0.25, 0.3) is 45.2 Å². The zero-order valence-electron chi connectivity index (χ0n) is 17.9. The van der Waals surface area contributed by atoms with Gasteiger partial charge in [-0.05, 0) is 67.3 Å². The minimum Gasteiger partial charge on any atom is -0.369 e. The monoisotopic (exact) mass is 492 g/mol. The largest absolute Gasteiger partial charge is 0.369 e. The third-order valence-electron chi connectivity index (χ3n) is 6.04. The van der Waals surface area contributed by atoms with Crippen LogP contribution in [0.3, 0.4) is 0 Å². The first-order valence-electron chi connectivity index (χ1n) is 10.9. The van der Waals surface area contributed by atoms with Gasteiger partial charge >= 0.3 is 0 Å². The highest BCUT2D eigenvalue weighted by Gasteiger charge is 2.25. The molecule has 1 fully saturated rings. The second-order valence-corrected chi connectivity index (χ2v) is 9.29. The molecule has 3 heterocycles. The molecule has 9 heteroatoms. The number of anilines is 1. The van der Waals surface area contributed by atoms with E-state index >= 15 is 0 Å². The Kier molecular flexibility index (Phi) is 5.04. The van der Waals surface area contributed by atoms with Gasteiger partial charge in [0, 0.05) is 12.1 Å². The van der Waals surface area contributed by atoms with E-state index in [1.54, 1.807) is 30.3 Å². The first kappa shape index (κ1) is 21.1. The summed E-state index contributed by atoms with van der Waals surface area (Å²) in [4.78, 5) is 17.5. The highest BCUT2D eigenvalue weighted by atomic mass is 35.5. The van der Waals surface area contributed by atoms with Crippen molar-refractivity contribution in [3.8, 4) is 34.0 Å². The molecule has 1 aliphatic rings. The number of hydrogen-bond donors (Lipinski definition) is 2. The number of nitrogen functional groups attached to an aromatic ring is 1. The number of fused-ring (bicyclic) bond motifs is 1. The van der Waals surface area contributed by atoms with Crippen molar-refractivity contribution in [1.29, 1.82) is 0 Å².